The summed E-state index contributed by atoms with van der Waals surface area (Å²) in [6.07, 6.45) is -0.657. The van der Waals surface area contributed by atoms with Crippen LogP contribution in [0.15, 0.2) is 91.0 Å². The predicted molar refractivity (Wildman–Crippen MR) is 181 cm³/mol. The minimum absolute atomic E-state index is 0.0155. The van der Waals surface area contributed by atoms with Gasteiger partial charge in [0, 0.05) is 24.2 Å². The molecule has 4 aromatic rings. The normalized spacial score (nSPS) is 14.1. The lowest BCUT2D eigenvalue weighted by atomic mass is 9.67. The molecule has 0 bridgehead atoms. The van der Waals surface area contributed by atoms with E-state index >= 15 is 0 Å². The number of aliphatic carboxylic acids is 1. The van der Waals surface area contributed by atoms with Crippen molar-refractivity contribution in [2.24, 2.45) is 5.41 Å². The zero-order valence-electron chi connectivity index (χ0n) is 27.9. The third kappa shape index (κ3) is 9.36. The number of carboxylic acid groups (broad SMARTS) is 1. The first kappa shape index (κ1) is 38.0. The number of carbonyl (C=O) groups is 5. The van der Waals surface area contributed by atoms with Crippen LogP contribution < -0.4 is 25.4 Å². The van der Waals surface area contributed by atoms with Gasteiger partial charge in [0.25, 0.3) is 0 Å². The maximum Gasteiger partial charge on any atom is 0.305 e. The van der Waals surface area contributed by atoms with E-state index in [0.717, 1.165) is 0 Å². The van der Waals surface area contributed by atoms with E-state index in [1.165, 1.54) is 0 Å². The second-order valence-corrected chi connectivity index (χ2v) is 12.3. The highest BCUT2D eigenvalue weighted by Gasteiger charge is 2.52. The summed E-state index contributed by atoms with van der Waals surface area (Å²) in [4.78, 5) is 65.8. The van der Waals surface area contributed by atoms with Crippen LogP contribution in [-0.4, -0.2) is 53.3 Å². The molecular formula is C38H33F4N3O8. The first-order valence-corrected chi connectivity index (χ1v) is 16.4. The van der Waals surface area contributed by atoms with Gasteiger partial charge >= 0.3 is 5.97 Å². The average molecular weight is 736 g/mol. The van der Waals surface area contributed by atoms with Gasteiger partial charge in [-0.05, 0) is 42.7 Å². The Labute approximate surface area is 300 Å². The smallest absolute Gasteiger partial charge is 0.305 e. The van der Waals surface area contributed by atoms with Gasteiger partial charge in [0.2, 0.25) is 29.4 Å². The number of para-hydroxylation sites is 1. The molecule has 1 aliphatic rings. The molecule has 1 saturated carbocycles. The molecule has 15 heteroatoms. The molecule has 5 rings (SSSR count). The van der Waals surface area contributed by atoms with Crippen molar-refractivity contribution in [1.29, 1.82) is 0 Å². The Hall–Kier alpha value is -6.25. The number of carbonyl (C=O) groups excluding carboxylic acids is 4. The van der Waals surface area contributed by atoms with Gasteiger partial charge in [0.1, 0.15) is 35.6 Å². The van der Waals surface area contributed by atoms with E-state index in [1.807, 2.05) is 6.07 Å². The Bertz CT molecular complexity index is 1970. The van der Waals surface area contributed by atoms with Crippen molar-refractivity contribution in [2.75, 3.05) is 11.9 Å². The van der Waals surface area contributed by atoms with Gasteiger partial charge in [-0.25, -0.2) is 8.78 Å². The predicted octanol–water partition coefficient (Wildman–Crippen LogP) is 5.48. The lowest BCUT2D eigenvalue weighted by Gasteiger charge is -2.40. The molecule has 4 aromatic carbocycles. The van der Waals surface area contributed by atoms with Gasteiger partial charge in [0.15, 0.2) is 23.2 Å². The first-order chi connectivity index (χ1) is 25.4. The first-order valence-electron chi connectivity index (χ1n) is 16.4. The number of hydrogen-bond donors (Lipinski definition) is 4. The number of rotatable bonds is 16. The fraction of sp³-hybridized carbons (Fsp3) is 0.237. The van der Waals surface area contributed by atoms with Crippen molar-refractivity contribution >= 4 is 35.2 Å². The van der Waals surface area contributed by atoms with Crippen LogP contribution in [0.4, 0.5) is 23.2 Å². The number of Topliss-reactive ketones (excluding diaryl/α,β-unsaturated/α-hetero) is 1. The largest absolute Gasteiger partial charge is 0.481 e. The second-order valence-electron chi connectivity index (χ2n) is 12.3. The number of ketones is 1. The number of amides is 3. The molecule has 0 radical (unpaired) electrons. The molecule has 1 fully saturated rings. The van der Waals surface area contributed by atoms with E-state index in [1.54, 1.807) is 78.9 Å². The molecule has 0 saturated heterocycles. The Kier molecular flexibility index (Phi) is 12.1. The van der Waals surface area contributed by atoms with Crippen LogP contribution in [0.3, 0.4) is 0 Å². The van der Waals surface area contributed by atoms with Crippen LogP contribution in [0.1, 0.15) is 31.2 Å². The van der Waals surface area contributed by atoms with Gasteiger partial charge < -0.3 is 30.5 Å². The molecule has 2 atom stereocenters. The molecule has 1 aliphatic carbocycles. The number of carboxylic acids is 1. The highest BCUT2D eigenvalue weighted by molar-refractivity contribution is 6.09. The van der Waals surface area contributed by atoms with Gasteiger partial charge in [-0.3, -0.25) is 24.0 Å². The minimum atomic E-state index is -1.93. The zero-order chi connectivity index (χ0) is 38.1. The molecule has 3 amide bonds. The third-order valence-corrected chi connectivity index (χ3v) is 8.56. The Balaban J connectivity index is 1.31. The standard InChI is InChI=1S/C38H33F4N3O8/c39-26-19-27(40)33(42)34(32(26)41)52-21-30(46)28(20-31(47)48)44-36(50)38(15-8-16-38)37(51)45-29(17-22-9-3-1-4-10-22)35(49)43-23-11-7-14-25(18-23)53-24-12-5-2-6-13-24/h1-7,9-14,18-19,28-29H,8,15-17,20-21H2,(H,43,49)(H,44,50)(H,45,51)(H,47,48). The summed E-state index contributed by atoms with van der Waals surface area (Å²) in [6, 6.07) is 21.1. The molecule has 0 spiro atoms. The molecular weight excluding hydrogens is 702 g/mol. The Morgan fingerprint density at radius 2 is 1.32 bits per heavy atom. The number of nitrogens with one attached hydrogen (secondary N) is 3. The van der Waals surface area contributed by atoms with Crippen LogP contribution >= 0.6 is 0 Å². The summed E-state index contributed by atoms with van der Waals surface area (Å²) < 4.78 is 65.9. The van der Waals surface area contributed by atoms with Crippen molar-refractivity contribution in [2.45, 2.75) is 44.2 Å². The van der Waals surface area contributed by atoms with E-state index < -0.39 is 89.0 Å². The average Bonchev–Trinajstić information content (AvgIpc) is 3.10. The summed E-state index contributed by atoms with van der Waals surface area (Å²) in [5.41, 5.74) is -0.787. The zero-order valence-corrected chi connectivity index (χ0v) is 27.9. The van der Waals surface area contributed by atoms with Crippen LogP contribution in [0.2, 0.25) is 0 Å². The van der Waals surface area contributed by atoms with Gasteiger partial charge in [-0.15, -0.1) is 0 Å². The maximum absolute atomic E-state index is 14.1. The summed E-state index contributed by atoms with van der Waals surface area (Å²) >= 11 is 0. The van der Waals surface area contributed by atoms with Crippen molar-refractivity contribution in [1.82, 2.24) is 10.6 Å². The molecule has 11 nitrogen and oxygen atoms in total. The fourth-order valence-corrected chi connectivity index (χ4v) is 5.57. The van der Waals surface area contributed by atoms with Crippen molar-refractivity contribution in [3.8, 4) is 17.2 Å². The van der Waals surface area contributed by atoms with E-state index in [0.29, 0.717) is 29.2 Å². The number of benzene rings is 4. The Morgan fingerprint density at radius 3 is 1.91 bits per heavy atom. The molecule has 0 aliphatic heterocycles. The summed E-state index contributed by atoms with van der Waals surface area (Å²) in [5.74, 6) is -13.3. The number of anilines is 1. The molecule has 0 heterocycles. The van der Waals surface area contributed by atoms with Gasteiger partial charge in [-0.1, -0.05) is 61.0 Å². The fourth-order valence-electron chi connectivity index (χ4n) is 5.57. The van der Waals surface area contributed by atoms with E-state index in [-0.39, 0.29) is 25.3 Å². The third-order valence-electron chi connectivity index (χ3n) is 8.56. The molecule has 4 N–H and O–H groups in total. The van der Waals surface area contributed by atoms with E-state index in [9.17, 15) is 46.6 Å². The lowest BCUT2D eigenvalue weighted by Crippen LogP contribution is -2.61. The second kappa shape index (κ2) is 16.8. The highest BCUT2D eigenvalue weighted by Crippen LogP contribution is 2.42. The quantitative estimate of drug-likeness (QED) is 0.0669. The van der Waals surface area contributed by atoms with E-state index in [4.69, 9.17) is 4.74 Å². The molecule has 53 heavy (non-hydrogen) atoms. The lowest BCUT2D eigenvalue weighted by molar-refractivity contribution is -0.152. The van der Waals surface area contributed by atoms with Crippen molar-refractivity contribution < 1.29 is 56.1 Å². The maximum atomic E-state index is 14.1. The van der Waals surface area contributed by atoms with Crippen LogP contribution in [0.5, 0.6) is 17.2 Å². The molecule has 276 valence electrons. The molecule has 2 unspecified atom stereocenters. The topological polar surface area (TPSA) is 160 Å². The Morgan fingerprint density at radius 1 is 0.736 bits per heavy atom. The van der Waals surface area contributed by atoms with Gasteiger partial charge in [0.05, 0.1) is 6.42 Å². The summed E-state index contributed by atoms with van der Waals surface area (Å²) in [7, 11) is 0. The number of ether oxygens (including phenoxy) is 2. The molecule has 0 aromatic heterocycles. The highest BCUT2D eigenvalue weighted by atomic mass is 19.2. The van der Waals surface area contributed by atoms with Crippen molar-refractivity contribution in [3.05, 3.63) is 120 Å². The van der Waals surface area contributed by atoms with Gasteiger partial charge in [-0.2, -0.15) is 8.78 Å². The van der Waals surface area contributed by atoms with Crippen LogP contribution in [-0.2, 0) is 30.4 Å². The SMILES string of the molecule is O=C(O)CC(NC(=O)C1(C(=O)NC(Cc2ccccc2)C(=O)Nc2cccc(Oc3ccccc3)c2)CCC1)C(=O)COc1c(F)c(F)cc(F)c1F. The number of halogens is 4. The van der Waals surface area contributed by atoms with Crippen molar-refractivity contribution in [3.63, 3.8) is 0 Å². The van der Waals surface area contributed by atoms with E-state index in [2.05, 4.69) is 20.7 Å². The van der Waals surface area contributed by atoms with Crippen LogP contribution in [0, 0.1) is 28.7 Å². The number of hydrogen-bond acceptors (Lipinski definition) is 7. The summed E-state index contributed by atoms with van der Waals surface area (Å²) in [5, 5.41) is 17.0. The van der Waals surface area contributed by atoms with Crippen LogP contribution in [0.25, 0.3) is 0 Å². The summed E-state index contributed by atoms with van der Waals surface area (Å²) in [6.45, 7) is -1.29. The monoisotopic (exact) mass is 735 g/mol. The minimum Gasteiger partial charge on any atom is -0.481 e.